The Bertz CT molecular complexity index is 426. The van der Waals surface area contributed by atoms with Crippen molar-refractivity contribution in [2.24, 2.45) is 5.41 Å². The van der Waals surface area contributed by atoms with Gasteiger partial charge in [0.15, 0.2) is 0 Å². The first kappa shape index (κ1) is 13.9. The smallest absolute Gasteiger partial charge is 0.0470 e. The molecule has 2 rings (SSSR count). The molecule has 1 aromatic rings. The fourth-order valence-corrected chi connectivity index (χ4v) is 2.97. The minimum Gasteiger partial charge on any atom is -0.365 e. The summed E-state index contributed by atoms with van der Waals surface area (Å²) in [6, 6.07) is 8.61. The zero-order valence-corrected chi connectivity index (χ0v) is 13.3. The van der Waals surface area contributed by atoms with Gasteiger partial charge in [-0.15, -0.1) is 0 Å². The summed E-state index contributed by atoms with van der Waals surface area (Å²) in [5.74, 6) is 0. The second kappa shape index (κ2) is 4.86. The molecule has 1 aliphatic heterocycles. The highest BCUT2D eigenvalue weighted by Crippen LogP contribution is 2.32. The number of benzene rings is 1. The Morgan fingerprint density at radius 1 is 1.17 bits per heavy atom. The van der Waals surface area contributed by atoms with Crippen molar-refractivity contribution in [3.05, 3.63) is 28.7 Å². The minimum absolute atomic E-state index is 0.133. The van der Waals surface area contributed by atoms with Crippen LogP contribution in [0.5, 0.6) is 0 Å². The van der Waals surface area contributed by atoms with E-state index in [0.717, 1.165) is 24.1 Å². The van der Waals surface area contributed by atoms with Gasteiger partial charge in [0, 0.05) is 35.3 Å². The summed E-state index contributed by atoms with van der Waals surface area (Å²) in [5.41, 5.74) is 1.72. The van der Waals surface area contributed by atoms with Gasteiger partial charge in [-0.3, -0.25) is 0 Å². The first-order valence-corrected chi connectivity index (χ1v) is 7.33. The molecule has 1 N–H and O–H groups in total. The van der Waals surface area contributed by atoms with Crippen molar-refractivity contribution < 1.29 is 0 Å². The lowest BCUT2D eigenvalue weighted by atomic mass is 9.91. The summed E-state index contributed by atoms with van der Waals surface area (Å²) in [6.07, 6.45) is 0. The molecule has 3 heteroatoms. The van der Waals surface area contributed by atoms with Crippen LogP contribution in [0.2, 0.25) is 0 Å². The van der Waals surface area contributed by atoms with Gasteiger partial charge in [0.1, 0.15) is 0 Å². The maximum absolute atomic E-state index is 3.59. The Kier molecular flexibility index (Phi) is 3.75. The lowest BCUT2D eigenvalue weighted by Gasteiger charge is -2.41. The molecule has 1 aliphatic rings. The molecule has 1 heterocycles. The molecule has 0 aromatic heterocycles. The second-order valence-corrected chi connectivity index (χ2v) is 7.56. The highest BCUT2D eigenvalue weighted by molar-refractivity contribution is 9.10. The van der Waals surface area contributed by atoms with Crippen molar-refractivity contribution >= 4 is 21.6 Å². The monoisotopic (exact) mass is 310 g/mol. The van der Waals surface area contributed by atoms with Gasteiger partial charge in [-0.05, 0) is 37.5 Å². The summed E-state index contributed by atoms with van der Waals surface area (Å²) in [4.78, 5) is 2.53. The Morgan fingerprint density at radius 2 is 1.89 bits per heavy atom. The fraction of sp³-hybridized carbons (Fsp3) is 0.600. The van der Waals surface area contributed by atoms with Crippen LogP contribution >= 0.6 is 15.9 Å². The van der Waals surface area contributed by atoms with Crippen molar-refractivity contribution in [3.8, 4) is 0 Å². The van der Waals surface area contributed by atoms with Gasteiger partial charge in [0.2, 0.25) is 0 Å². The van der Waals surface area contributed by atoms with Crippen LogP contribution in [-0.4, -0.2) is 25.2 Å². The van der Waals surface area contributed by atoms with Crippen LogP contribution in [-0.2, 0) is 0 Å². The highest BCUT2D eigenvalue weighted by atomic mass is 79.9. The summed E-state index contributed by atoms with van der Waals surface area (Å²) in [7, 11) is 0. The fourth-order valence-electron chi connectivity index (χ4n) is 2.58. The number of anilines is 1. The lowest BCUT2D eigenvalue weighted by molar-refractivity contribution is 0.365. The van der Waals surface area contributed by atoms with Gasteiger partial charge in [-0.25, -0.2) is 0 Å². The van der Waals surface area contributed by atoms with E-state index < -0.39 is 0 Å². The number of hydrogen-bond donors (Lipinski definition) is 1. The Morgan fingerprint density at radius 3 is 2.56 bits per heavy atom. The average Bonchev–Trinajstić information content (AvgIpc) is 2.35. The summed E-state index contributed by atoms with van der Waals surface area (Å²) >= 11 is 3.57. The van der Waals surface area contributed by atoms with Crippen molar-refractivity contribution in [2.45, 2.75) is 33.2 Å². The van der Waals surface area contributed by atoms with E-state index in [2.05, 4.69) is 78.1 Å². The molecule has 100 valence electrons. The van der Waals surface area contributed by atoms with Gasteiger partial charge >= 0.3 is 0 Å². The number of halogens is 1. The van der Waals surface area contributed by atoms with E-state index in [-0.39, 0.29) is 11.0 Å². The third-order valence-electron chi connectivity index (χ3n) is 3.60. The minimum atomic E-state index is 0.133. The molecule has 1 aromatic carbocycles. The maximum Gasteiger partial charge on any atom is 0.0470 e. The number of nitrogens with zero attached hydrogens (tertiary/aromatic N) is 1. The van der Waals surface area contributed by atoms with Crippen LogP contribution in [0.4, 0.5) is 5.69 Å². The van der Waals surface area contributed by atoms with Crippen molar-refractivity contribution in [3.63, 3.8) is 0 Å². The molecule has 0 radical (unpaired) electrons. The molecular formula is C15H23BrN2. The number of hydrogen-bond acceptors (Lipinski definition) is 2. The summed E-state index contributed by atoms with van der Waals surface area (Å²) in [6.45, 7) is 12.4. The van der Waals surface area contributed by atoms with E-state index in [9.17, 15) is 0 Å². The predicted molar refractivity (Wildman–Crippen MR) is 82.2 cm³/mol. The zero-order valence-electron chi connectivity index (χ0n) is 11.8. The van der Waals surface area contributed by atoms with Crippen molar-refractivity contribution in [1.29, 1.82) is 0 Å². The molecule has 0 bridgehead atoms. The topological polar surface area (TPSA) is 15.3 Å². The van der Waals surface area contributed by atoms with Gasteiger partial charge in [-0.1, -0.05) is 35.8 Å². The third-order valence-corrected chi connectivity index (χ3v) is 4.09. The molecule has 0 amide bonds. The SMILES string of the molecule is CC1(C)CNCC(C)(C)N(c2cccc(Br)c2)C1. The standard InChI is InChI=1S/C15H23BrN2/c1-14(2)9-17-10-15(3,4)18(11-14)13-7-5-6-12(16)8-13/h5-8,17H,9-11H2,1-4H3. The largest absolute Gasteiger partial charge is 0.365 e. The van der Waals surface area contributed by atoms with Crippen LogP contribution < -0.4 is 10.2 Å². The van der Waals surface area contributed by atoms with E-state index in [1.807, 2.05) is 0 Å². The van der Waals surface area contributed by atoms with Crippen LogP contribution in [0.25, 0.3) is 0 Å². The predicted octanol–water partition coefficient (Wildman–Crippen LogP) is 3.66. The number of rotatable bonds is 1. The molecule has 0 spiro atoms. The Balaban J connectivity index is 2.37. The molecular weight excluding hydrogens is 288 g/mol. The van der Waals surface area contributed by atoms with Crippen LogP contribution in [0.1, 0.15) is 27.7 Å². The van der Waals surface area contributed by atoms with Crippen molar-refractivity contribution in [1.82, 2.24) is 5.32 Å². The molecule has 1 fully saturated rings. The van der Waals surface area contributed by atoms with E-state index in [4.69, 9.17) is 0 Å². The summed E-state index contributed by atoms with van der Waals surface area (Å²) < 4.78 is 1.14. The zero-order chi connectivity index (χ0) is 13.4. The van der Waals surface area contributed by atoms with Gasteiger partial charge in [-0.2, -0.15) is 0 Å². The molecule has 2 nitrogen and oxygen atoms in total. The van der Waals surface area contributed by atoms with Crippen LogP contribution in [0, 0.1) is 5.41 Å². The average molecular weight is 311 g/mol. The molecule has 0 aliphatic carbocycles. The van der Waals surface area contributed by atoms with Crippen molar-refractivity contribution in [2.75, 3.05) is 24.5 Å². The van der Waals surface area contributed by atoms with Gasteiger partial charge < -0.3 is 10.2 Å². The molecule has 0 atom stereocenters. The Hall–Kier alpha value is -0.540. The molecule has 1 saturated heterocycles. The second-order valence-electron chi connectivity index (χ2n) is 6.65. The third kappa shape index (κ3) is 3.07. The maximum atomic E-state index is 3.59. The molecule has 18 heavy (non-hydrogen) atoms. The van der Waals surface area contributed by atoms with Gasteiger partial charge in [0.05, 0.1) is 0 Å². The van der Waals surface area contributed by atoms with E-state index in [1.165, 1.54) is 5.69 Å². The number of nitrogens with one attached hydrogen (secondary N) is 1. The Labute approximate surface area is 119 Å². The van der Waals surface area contributed by atoms with E-state index in [1.54, 1.807) is 0 Å². The van der Waals surface area contributed by atoms with Crippen LogP contribution in [0.3, 0.4) is 0 Å². The molecule has 0 saturated carbocycles. The first-order valence-electron chi connectivity index (χ1n) is 6.54. The lowest BCUT2D eigenvalue weighted by Crippen LogP contribution is -2.49. The van der Waals surface area contributed by atoms with Crippen LogP contribution in [0.15, 0.2) is 28.7 Å². The highest BCUT2D eigenvalue weighted by Gasteiger charge is 2.35. The van der Waals surface area contributed by atoms with E-state index >= 15 is 0 Å². The van der Waals surface area contributed by atoms with Gasteiger partial charge in [0.25, 0.3) is 0 Å². The quantitative estimate of drug-likeness (QED) is 0.851. The van der Waals surface area contributed by atoms with E-state index in [0.29, 0.717) is 0 Å². The molecule has 0 unspecified atom stereocenters. The normalized spacial score (nSPS) is 22.6. The first-order chi connectivity index (χ1) is 8.30. The summed E-state index contributed by atoms with van der Waals surface area (Å²) in [5, 5.41) is 3.59.